The number of imide groups is 1. The first kappa shape index (κ1) is 20.4. The molecule has 2 aromatic rings. The van der Waals surface area contributed by atoms with E-state index in [0.29, 0.717) is 24.4 Å². The zero-order valence-electron chi connectivity index (χ0n) is 18.0. The highest BCUT2D eigenvalue weighted by Crippen LogP contribution is 2.34. The highest BCUT2D eigenvalue weighted by molar-refractivity contribution is 6.35. The van der Waals surface area contributed by atoms with Crippen molar-refractivity contribution in [2.45, 2.75) is 52.5 Å². The SMILES string of the molecule is CCCCCCN1C(=O)C(c2ccc(C)cc2)=C(N2CCc3ccccc3C2)C1=O. The smallest absolute Gasteiger partial charge is 0.277 e. The minimum absolute atomic E-state index is 0.133. The van der Waals surface area contributed by atoms with Gasteiger partial charge in [-0.3, -0.25) is 14.5 Å². The van der Waals surface area contributed by atoms with Gasteiger partial charge in [0.2, 0.25) is 0 Å². The fraction of sp³-hybridized carbons (Fsp3) is 0.385. The summed E-state index contributed by atoms with van der Waals surface area (Å²) in [6.45, 7) is 6.12. The monoisotopic (exact) mass is 402 g/mol. The molecule has 2 aromatic carbocycles. The van der Waals surface area contributed by atoms with E-state index in [2.05, 4.69) is 30.0 Å². The first-order chi connectivity index (χ1) is 14.6. The first-order valence-corrected chi connectivity index (χ1v) is 11.1. The number of rotatable bonds is 7. The summed E-state index contributed by atoms with van der Waals surface area (Å²) in [5.41, 5.74) is 5.69. The molecule has 2 aliphatic rings. The van der Waals surface area contributed by atoms with Gasteiger partial charge >= 0.3 is 0 Å². The van der Waals surface area contributed by atoms with Crippen LogP contribution in [0.4, 0.5) is 0 Å². The largest absolute Gasteiger partial charge is 0.362 e. The second-order valence-electron chi connectivity index (χ2n) is 8.35. The fourth-order valence-corrected chi connectivity index (χ4v) is 4.42. The third-order valence-electron chi connectivity index (χ3n) is 6.17. The summed E-state index contributed by atoms with van der Waals surface area (Å²) in [6, 6.07) is 16.3. The Bertz CT molecular complexity index is 975. The van der Waals surface area contributed by atoms with Crippen molar-refractivity contribution in [1.29, 1.82) is 0 Å². The molecule has 2 aliphatic heterocycles. The van der Waals surface area contributed by atoms with E-state index in [-0.39, 0.29) is 11.8 Å². The quantitative estimate of drug-likeness (QED) is 0.497. The second kappa shape index (κ2) is 8.86. The standard InChI is InChI=1S/C26H30N2O2/c1-3-4-5-8-16-28-25(29)23(21-13-11-19(2)12-14-21)24(26(28)30)27-17-15-20-9-6-7-10-22(20)18-27/h6-7,9-14H,3-5,8,15-18H2,1-2H3. The van der Waals surface area contributed by atoms with Gasteiger partial charge in [0.15, 0.2) is 0 Å². The molecule has 0 saturated heterocycles. The number of hydrogen-bond acceptors (Lipinski definition) is 3. The normalized spacial score (nSPS) is 16.5. The Hall–Kier alpha value is -2.88. The van der Waals surface area contributed by atoms with E-state index in [1.54, 1.807) is 0 Å². The van der Waals surface area contributed by atoms with E-state index in [0.717, 1.165) is 49.8 Å². The van der Waals surface area contributed by atoms with Gasteiger partial charge in [0.25, 0.3) is 11.8 Å². The molecule has 0 aromatic heterocycles. The number of fused-ring (bicyclic) bond motifs is 1. The van der Waals surface area contributed by atoms with Crippen LogP contribution in [-0.4, -0.2) is 34.7 Å². The van der Waals surface area contributed by atoms with Crippen LogP contribution in [-0.2, 0) is 22.6 Å². The van der Waals surface area contributed by atoms with E-state index in [4.69, 9.17) is 0 Å². The number of unbranched alkanes of at least 4 members (excludes halogenated alkanes) is 3. The maximum absolute atomic E-state index is 13.4. The summed E-state index contributed by atoms with van der Waals surface area (Å²) in [5, 5.41) is 0. The maximum Gasteiger partial charge on any atom is 0.277 e. The van der Waals surface area contributed by atoms with Crippen molar-refractivity contribution in [3.63, 3.8) is 0 Å². The summed E-state index contributed by atoms with van der Waals surface area (Å²) in [6.07, 6.45) is 5.05. The van der Waals surface area contributed by atoms with Crippen LogP contribution >= 0.6 is 0 Å². The van der Waals surface area contributed by atoms with Gasteiger partial charge in [0, 0.05) is 19.6 Å². The van der Waals surface area contributed by atoms with E-state index in [9.17, 15) is 9.59 Å². The predicted octanol–water partition coefficient (Wildman–Crippen LogP) is 4.71. The Morgan fingerprint density at radius 1 is 0.867 bits per heavy atom. The minimum atomic E-state index is -0.144. The van der Waals surface area contributed by atoms with Gasteiger partial charge in [-0.05, 0) is 36.5 Å². The second-order valence-corrected chi connectivity index (χ2v) is 8.35. The van der Waals surface area contributed by atoms with Crippen LogP contribution in [0.5, 0.6) is 0 Å². The molecule has 0 bridgehead atoms. The summed E-state index contributed by atoms with van der Waals surface area (Å²) in [5.74, 6) is -0.277. The van der Waals surface area contributed by atoms with Crippen LogP contribution < -0.4 is 0 Å². The van der Waals surface area contributed by atoms with Gasteiger partial charge in [0.05, 0.1) is 5.57 Å². The molecule has 0 saturated carbocycles. The van der Waals surface area contributed by atoms with Crippen molar-refractivity contribution in [1.82, 2.24) is 9.80 Å². The molecule has 4 rings (SSSR count). The van der Waals surface area contributed by atoms with Gasteiger partial charge in [-0.1, -0.05) is 80.3 Å². The molecule has 0 fully saturated rings. The van der Waals surface area contributed by atoms with Crippen LogP contribution in [0, 0.1) is 6.92 Å². The summed E-state index contributed by atoms with van der Waals surface area (Å²) >= 11 is 0. The number of carbonyl (C=O) groups excluding carboxylic acids is 2. The van der Waals surface area contributed by atoms with E-state index < -0.39 is 0 Å². The highest BCUT2D eigenvalue weighted by Gasteiger charge is 2.41. The minimum Gasteiger partial charge on any atom is -0.362 e. The molecule has 0 unspecified atom stereocenters. The molecule has 0 radical (unpaired) electrons. The van der Waals surface area contributed by atoms with Crippen molar-refractivity contribution < 1.29 is 9.59 Å². The molecule has 4 nitrogen and oxygen atoms in total. The lowest BCUT2D eigenvalue weighted by Crippen LogP contribution is -2.37. The number of aryl methyl sites for hydroxylation is 1. The average Bonchev–Trinajstić information content (AvgIpc) is 3.01. The lowest BCUT2D eigenvalue weighted by molar-refractivity contribution is -0.137. The fourth-order valence-electron chi connectivity index (χ4n) is 4.42. The molecule has 0 aliphatic carbocycles. The third kappa shape index (κ3) is 3.91. The Morgan fingerprint density at radius 2 is 1.60 bits per heavy atom. The lowest BCUT2D eigenvalue weighted by Gasteiger charge is -2.31. The molecule has 30 heavy (non-hydrogen) atoms. The number of carbonyl (C=O) groups is 2. The molecular formula is C26H30N2O2. The Labute approximate surface area is 179 Å². The van der Waals surface area contributed by atoms with Gasteiger partial charge in [-0.15, -0.1) is 0 Å². The van der Waals surface area contributed by atoms with Crippen LogP contribution in [0.3, 0.4) is 0 Å². The van der Waals surface area contributed by atoms with Gasteiger partial charge in [-0.2, -0.15) is 0 Å². The van der Waals surface area contributed by atoms with Crippen LogP contribution in [0.2, 0.25) is 0 Å². The lowest BCUT2D eigenvalue weighted by atomic mass is 9.97. The topological polar surface area (TPSA) is 40.6 Å². The van der Waals surface area contributed by atoms with Crippen molar-refractivity contribution in [3.8, 4) is 0 Å². The molecule has 0 atom stereocenters. The van der Waals surface area contributed by atoms with E-state index in [1.165, 1.54) is 16.0 Å². The highest BCUT2D eigenvalue weighted by atomic mass is 16.2. The molecule has 156 valence electrons. The Morgan fingerprint density at radius 3 is 2.33 bits per heavy atom. The molecular weight excluding hydrogens is 372 g/mol. The number of nitrogens with zero attached hydrogens (tertiary/aromatic N) is 2. The average molecular weight is 403 g/mol. The van der Waals surface area contributed by atoms with Crippen LogP contribution in [0.25, 0.3) is 5.57 Å². The number of hydrogen-bond donors (Lipinski definition) is 0. The maximum atomic E-state index is 13.4. The number of benzene rings is 2. The van der Waals surface area contributed by atoms with Crippen LogP contribution in [0.1, 0.15) is 54.9 Å². The zero-order chi connectivity index (χ0) is 21.1. The summed E-state index contributed by atoms with van der Waals surface area (Å²) < 4.78 is 0. The molecule has 0 N–H and O–H groups in total. The van der Waals surface area contributed by atoms with Crippen molar-refractivity contribution >= 4 is 17.4 Å². The summed E-state index contributed by atoms with van der Waals surface area (Å²) in [7, 11) is 0. The van der Waals surface area contributed by atoms with Gasteiger partial charge < -0.3 is 4.90 Å². The Kier molecular flexibility index (Phi) is 6.03. The number of amides is 2. The van der Waals surface area contributed by atoms with Crippen LogP contribution in [0.15, 0.2) is 54.2 Å². The molecule has 2 amide bonds. The first-order valence-electron chi connectivity index (χ1n) is 11.1. The molecule has 0 spiro atoms. The molecule has 4 heteroatoms. The molecule has 2 heterocycles. The van der Waals surface area contributed by atoms with E-state index in [1.807, 2.05) is 37.3 Å². The Balaban J connectivity index is 1.68. The summed E-state index contributed by atoms with van der Waals surface area (Å²) in [4.78, 5) is 30.4. The third-order valence-corrected chi connectivity index (χ3v) is 6.17. The van der Waals surface area contributed by atoms with E-state index >= 15 is 0 Å². The zero-order valence-corrected chi connectivity index (χ0v) is 18.0. The van der Waals surface area contributed by atoms with Crippen molar-refractivity contribution in [2.24, 2.45) is 0 Å². The van der Waals surface area contributed by atoms with Gasteiger partial charge in [-0.25, -0.2) is 0 Å². The van der Waals surface area contributed by atoms with Crippen molar-refractivity contribution in [3.05, 3.63) is 76.5 Å². The van der Waals surface area contributed by atoms with Gasteiger partial charge in [0.1, 0.15) is 5.70 Å². The predicted molar refractivity (Wildman–Crippen MR) is 120 cm³/mol. The van der Waals surface area contributed by atoms with Crippen molar-refractivity contribution in [2.75, 3.05) is 13.1 Å².